The van der Waals surface area contributed by atoms with Gasteiger partial charge in [-0.3, -0.25) is 4.90 Å². The van der Waals surface area contributed by atoms with Crippen molar-refractivity contribution in [2.45, 2.75) is 59.2 Å². The van der Waals surface area contributed by atoms with E-state index in [0.29, 0.717) is 6.04 Å². The topological polar surface area (TPSA) is 28.2 Å². The van der Waals surface area contributed by atoms with E-state index in [2.05, 4.69) is 55.2 Å². The summed E-state index contributed by atoms with van der Waals surface area (Å²) >= 11 is 1.79. The number of nitrogens with zero attached hydrogens (tertiary/aromatic N) is 2. The van der Waals surface area contributed by atoms with E-state index >= 15 is 0 Å². The first-order valence-corrected chi connectivity index (χ1v) is 8.14. The summed E-state index contributed by atoms with van der Waals surface area (Å²) in [6.45, 7) is 14.5. The smallest absolute Gasteiger partial charge is 0.107 e. The molecule has 1 saturated heterocycles. The van der Waals surface area contributed by atoms with E-state index in [1.54, 1.807) is 11.3 Å². The quantitative estimate of drug-likeness (QED) is 0.919. The van der Waals surface area contributed by atoms with Crippen molar-refractivity contribution in [2.24, 2.45) is 5.92 Å². The summed E-state index contributed by atoms with van der Waals surface area (Å²) in [5.41, 5.74) is 1.36. The second-order valence-electron chi connectivity index (χ2n) is 6.84. The van der Waals surface area contributed by atoms with E-state index in [4.69, 9.17) is 0 Å². The number of hydrogen-bond donors (Lipinski definition) is 1. The first kappa shape index (κ1) is 14.9. The molecule has 0 aromatic carbocycles. The Morgan fingerprint density at radius 3 is 2.84 bits per heavy atom. The molecule has 1 unspecified atom stereocenters. The maximum atomic E-state index is 4.62. The van der Waals surface area contributed by atoms with Crippen LogP contribution < -0.4 is 5.32 Å². The van der Waals surface area contributed by atoms with Crippen molar-refractivity contribution in [2.75, 3.05) is 13.1 Å². The monoisotopic (exact) mass is 281 g/mol. The molecule has 0 spiro atoms. The van der Waals surface area contributed by atoms with Gasteiger partial charge in [0.05, 0.1) is 6.54 Å². The molecule has 0 aliphatic carbocycles. The average molecular weight is 281 g/mol. The first-order chi connectivity index (χ1) is 8.85. The maximum absolute atomic E-state index is 4.62. The fourth-order valence-electron chi connectivity index (χ4n) is 2.83. The Balaban J connectivity index is 2.06. The summed E-state index contributed by atoms with van der Waals surface area (Å²) in [6, 6.07) is 0.636. The molecular weight excluding hydrogens is 254 g/mol. The normalized spacial score (nSPS) is 24.0. The molecule has 0 radical (unpaired) electrons. The molecule has 108 valence electrons. The molecular formula is C15H27N3S. The largest absolute Gasteiger partial charge is 0.309 e. The summed E-state index contributed by atoms with van der Waals surface area (Å²) in [4.78, 5) is 7.24. The minimum Gasteiger partial charge on any atom is -0.309 e. The van der Waals surface area contributed by atoms with Gasteiger partial charge in [0, 0.05) is 35.7 Å². The second kappa shape index (κ2) is 5.90. The minimum atomic E-state index is 0.208. The molecule has 1 aliphatic heterocycles. The lowest BCUT2D eigenvalue weighted by atomic mass is 9.94. The molecule has 3 nitrogen and oxygen atoms in total. The highest BCUT2D eigenvalue weighted by Crippen LogP contribution is 2.23. The van der Waals surface area contributed by atoms with Crippen molar-refractivity contribution in [3.63, 3.8) is 0 Å². The predicted molar refractivity (Wildman–Crippen MR) is 82.6 cm³/mol. The Hall–Kier alpha value is -0.450. The molecule has 1 aromatic heterocycles. The van der Waals surface area contributed by atoms with Gasteiger partial charge in [-0.15, -0.1) is 11.3 Å². The molecule has 1 fully saturated rings. The van der Waals surface area contributed by atoms with Crippen LogP contribution in [0.5, 0.6) is 0 Å². The van der Waals surface area contributed by atoms with Gasteiger partial charge in [0.1, 0.15) is 5.01 Å². The fraction of sp³-hybridized carbons (Fsp3) is 0.800. The van der Waals surface area contributed by atoms with E-state index in [0.717, 1.165) is 31.2 Å². The van der Waals surface area contributed by atoms with E-state index in [1.807, 2.05) is 0 Å². The van der Waals surface area contributed by atoms with Crippen LogP contribution in [-0.4, -0.2) is 34.6 Å². The number of rotatable bonds is 4. The molecule has 0 bridgehead atoms. The summed E-state index contributed by atoms with van der Waals surface area (Å²) in [7, 11) is 0. The zero-order chi connectivity index (χ0) is 14.0. The summed E-state index contributed by atoms with van der Waals surface area (Å²) < 4.78 is 0. The van der Waals surface area contributed by atoms with Crippen LogP contribution in [0.15, 0.2) is 5.38 Å². The number of thiazole rings is 1. The van der Waals surface area contributed by atoms with Crippen molar-refractivity contribution in [1.82, 2.24) is 15.2 Å². The van der Waals surface area contributed by atoms with Crippen molar-refractivity contribution in [3.05, 3.63) is 16.1 Å². The first-order valence-electron chi connectivity index (χ1n) is 7.26. The van der Waals surface area contributed by atoms with E-state index in [-0.39, 0.29) is 5.54 Å². The van der Waals surface area contributed by atoms with Crippen molar-refractivity contribution in [1.29, 1.82) is 0 Å². The molecule has 2 rings (SSSR count). The van der Waals surface area contributed by atoms with Crippen LogP contribution in [0.4, 0.5) is 0 Å². The Labute approximate surface area is 121 Å². The fourth-order valence-corrected chi connectivity index (χ4v) is 3.62. The number of aryl methyl sites for hydroxylation is 1. The SMILES string of the molecule is Cc1csc(CN2CC(C)(C)NCC2CC(C)C)n1. The Morgan fingerprint density at radius 1 is 1.53 bits per heavy atom. The lowest BCUT2D eigenvalue weighted by molar-refractivity contribution is 0.0759. The van der Waals surface area contributed by atoms with Gasteiger partial charge < -0.3 is 5.32 Å². The van der Waals surface area contributed by atoms with Crippen LogP contribution in [0.2, 0.25) is 0 Å². The standard InChI is InChI=1S/C15H27N3S/c1-11(2)6-13-7-16-15(4,5)10-18(13)8-14-17-12(3)9-19-14/h9,11,13,16H,6-8,10H2,1-5H3. The van der Waals surface area contributed by atoms with E-state index in [1.165, 1.54) is 11.4 Å². The predicted octanol–water partition coefficient (Wildman–Crippen LogP) is 3.05. The van der Waals surface area contributed by atoms with Gasteiger partial charge in [-0.05, 0) is 33.1 Å². The third-order valence-electron chi connectivity index (χ3n) is 3.68. The minimum absolute atomic E-state index is 0.208. The number of piperazine rings is 1. The van der Waals surface area contributed by atoms with Gasteiger partial charge in [-0.1, -0.05) is 13.8 Å². The zero-order valence-corrected chi connectivity index (χ0v) is 13.7. The lowest BCUT2D eigenvalue weighted by Gasteiger charge is -2.45. The van der Waals surface area contributed by atoms with E-state index < -0.39 is 0 Å². The van der Waals surface area contributed by atoms with Crippen molar-refractivity contribution < 1.29 is 0 Å². The zero-order valence-electron chi connectivity index (χ0n) is 12.9. The number of nitrogens with one attached hydrogen (secondary N) is 1. The van der Waals surface area contributed by atoms with E-state index in [9.17, 15) is 0 Å². The van der Waals surface area contributed by atoms with Crippen LogP contribution in [0, 0.1) is 12.8 Å². The molecule has 2 heterocycles. The summed E-state index contributed by atoms with van der Waals surface area (Å²) in [6.07, 6.45) is 1.26. The average Bonchev–Trinajstić information content (AvgIpc) is 2.67. The molecule has 19 heavy (non-hydrogen) atoms. The van der Waals surface area contributed by atoms with Gasteiger partial charge >= 0.3 is 0 Å². The van der Waals surface area contributed by atoms with Gasteiger partial charge in [0.15, 0.2) is 0 Å². The molecule has 1 N–H and O–H groups in total. The molecule has 1 atom stereocenters. The molecule has 1 aliphatic rings. The van der Waals surface area contributed by atoms with Crippen LogP contribution in [0.1, 0.15) is 44.8 Å². The lowest BCUT2D eigenvalue weighted by Crippen LogP contribution is -2.61. The third kappa shape index (κ3) is 4.26. The molecule has 1 aromatic rings. The highest BCUT2D eigenvalue weighted by Gasteiger charge is 2.32. The van der Waals surface area contributed by atoms with Gasteiger partial charge in [-0.2, -0.15) is 0 Å². The van der Waals surface area contributed by atoms with Crippen molar-refractivity contribution in [3.8, 4) is 0 Å². The maximum Gasteiger partial charge on any atom is 0.107 e. The third-order valence-corrected chi connectivity index (χ3v) is 4.63. The Bertz CT molecular complexity index is 411. The molecule has 4 heteroatoms. The summed E-state index contributed by atoms with van der Waals surface area (Å²) in [5.74, 6) is 0.744. The molecule has 0 saturated carbocycles. The van der Waals surface area contributed by atoms with Gasteiger partial charge in [0.2, 0.25) is 0 Å². The number of aromatic nitrogens is 1. The number of hydrogen-bond acceptors (Lipinski definition) is 4. The molecule has 0 amide bonds. The van der Waals surface area contributed by atoms with Crippen LogP contribution in [0.3, 0.4) is 0 Å². The Morgan fingerprint density at radius 2 is 2.26 bits per heavy atom. The van der Waals surface area contributed by atoms with Crippen molar-refractivity contribution >= 4 is 11.3 Å². The second-order valence-corrected chi connectivity index (χ2v) is 7.78. The summed E-state index contributed by atoms with van der Waals surface area (Å²) in [5, 5.41) is 7.08. The Kier molecular flexibility index (Phi) is 4.64. The highest BCUT2D eigenvalue weighted by molar-refractivity contribution is 7.09. The highest BCUT2D eigenvalue weighted by atomic mass is 32.1. The van der Waals surface area contributed by atoms with Gasteiger partial charge in [0.25, 0.3) is 0 Å². The van der Waals surface area contributed by atoms with Crippen LogP contribution in [0.25, 0.3) is 0 Å². The van der Waals surface area contributed by atoms with Crippen LogP contribution >= 0.6 is 11.3 Å². The van der Waals surface area contributed by atoms with Crippen LogP contribution in [-0.2, 0) is 6.54 Å². The van der Waals surface area contributed by atoms with Gasteiger partial charge in [-0.25, -0.2) is 4.98 Å².